The molecule has 0 bridgehead atoms. The highest BCUT2D eigenvalue weighted by atomic mass is 32.1. The van der Waals surface area contributed by atoms with Gasteiger partial charge >= 0.3 is 5.97 Å². The number of nitro benzene ring substituents is 1. The number of furan rings is 1. The molecule has 0 fully saturated rings. The van der Waals surface area contributed by atoms with Crippen LogP contribution < -0.4 is 5.32 Å². The third-order valence-electron chi connectivity index (χ3n) is 3.10. The summed E-state index contributed by atoms with van der Waals surface area (Å²) in [4.78, 5) is 37.8. The van der Waals surface area contributed by atoms with Gasteiger partial charge in [0.1, 0.15) is 5.76 Å². The van der Waals surface area contributed by atoms with Crippen LogP contribution in [0.2, 0.25) is 0 Å². The van der Waals surface area contributed by atoms with Crippen molar-refractivity contribution in [3.63, 3.8) is 0 Å². The number of non-ortho nitro benzene ring substituents is 1. The second kappa shape index (κ2) is 7.57. The van der Waals surface area contributed by atoms with Crippen molar-refractivity contribution >= 4 is 50.3 Å². The molecule has 0 saturated carbocycles. The highest BCUT2D eigenvalue weighted by molar-refractivity contribution is 7.22. The van der Waals surface area contributed by atoms with Gasteiger partial charge in [-0.05, 0) is 24.3 Å². The molecule has 0 radical (unpaired) electrons. The van der Waals surface area contributed by atoms with Crippen molar-refractivity contribution in [3.05, 3.63) is 58.5 Å². The number of nitrogens with one attached hydrogen (secondary N) is 1. The highest BCUT2D eigenvalue weighted by Crippen LogP contribution is 2.29. The van der Waals surface area contributed by atoms with Crippen molar-refractivity contribution in [2.45, 2.75) is 0 Å². The molecule has 132 valence electrons. The first-order valence-electron chi connectivity index (χ1n) is 7.24. The molecule has 3 rings (SSSR count). The van der Waals surface area contributed by atoms with Gasteiger partial charge in [-0.3, -0.25) is 20.2 Å². The van der Waals surface area contributed by atoms with Gasteiger partial charge in [-0.25, -0.2) is 9.78 Å². The average molecular weight is 373 g/mol. The van der Waals surface area contributed by atoms with E-state index in [0.717, 1.165) is 17.4 Å². The molecular formula is C16H11N3O6S. The molecule has 1 amide bonds. The molecule has 3 aromatic rings. The van der Waals surface area contributed by atoms with Crippen LogP contribution in [-0.4, -0.2) is 28.4 Å². The first kappa shape index (κ1) is 17.3. The molecule has 26 heavy (non-hydrogen) atoms. The van der Waals surface area contributed by atoms with Crippen molar-refractivity contribution in [1.82, 2.24) is 4.98 Å². The number of aromatic nitrogens is 1. The van der Waals surface area contributed by atoms with Gasteiger partial charge in [-0.1, -0.05) is 11.3 Å². The molecule has 0 spiro atoms. The maximum atomic E-state index is 11.8. The van der Waals surface area contributed by atoms with Gasteiger partial charge in [0.05, 0.1) is 21.4 Å². The van der Waals surface area contributed by atoms with E-state index >= 15 is 0 Å². The van der Waals surface area contributed by atoms with E-state index in [4.69, 9.17) is 9.15 Å². The Balaban J connectivity index is 1.55. The van der Waals surface area contributed by atoms with Crippen molar-refractivity contribution in [3.8, 4) is 0 Å². The molecule has 0 atom stereocenters. The summed E-state index contributed by atoms with van der Waals surface area (Å²) in [5.74, 6) is -0.787. The molecule has 2 aromatic heterocycles. The van der Waals surface area contributed by atoms with E-state index < -0.39 is 23.4 Å². The minimum absolute atomic E-state index is 0.0590. The quantitative estimate of drug-likeness (QED) is 0.305. The van der Waals surface area contributed by atoms with Crippen LogP contribution in [0.25, 0.3) is 16.3 Å². The topological polar surface area (TPSA) is 125 Å². The summed E-state index contributed by atoms with van der Waals surface area (Å²) in [7, 11) is 0. The zero-order chi connectivity index (χ0) is 18.5. The van der Waals surface area contributed by atoms with E-state index in [1.165, 1.54) is 30.5 Å². The Labute approximate surface area is 150 Å². The van der Waals surface area contributed by atoms with Crippen molar-refractivity contribution in [2.75, 3.05) is 11.9 Å². The van der Waals surface area contributed by atoms with E-state index in [1.807, 2.05) is 0 Å². The lowest BCUT2D eigenvalue weighted by Gasteiger charge is -2.01. The third-order valence-corrected chi connectivity index (χ3v) is 4.04. The number of anilines is 1. The van der Waals surface area contributed by atoms with Gasteiger partial charge in [0, 0.05) is 18.2 Å². The first-order valence-corrected chi connectivity index (χ1v) is 8.06. The number of amides is 1. The van der Waals surface area contributed by atoms with Crippen LogP contribution in [0.4, 0.5) is 10.8 Å². The van der Waals surface area contributed by atoms with E-state index in [0.29, 0.717) is 16.0 Å². The van der Waals surface area contributed by atoms with Gasteiger partial charge in [-0.2, -0.15) is 0 Å². The Kier molecular flexibility index (Phi) is 5.04. The number of hydrogen-bond donors (Lipinski definition) is 1. The lowest BCUT2D eigenvalue weighted by atomic mass is 10.3. The number of hydrogen-bond acceptors (Lipinski definition) is 8. The summed E-state index contributed by atoms with van der Waals surface area (Å²) in [5.41, 5.74) is 0.463. The van der Waals surface area contributed by atoms with Gasteiger partial charge in [0.25, 0.3) is 11.6 Å². The maximum Gasteiger partial charge on any atom is 0.331 e. The second-order valence-corrected chi connectivity index (χ2v) is 5.96. The molecule has 0 aliphatic rings. The molecule has 1 aromatic carbocycles. The van der Waals surface area contributed by atoms with Crippen LogP contribution in [0.15, 0.2) is 47.1 Å². The highest BCUT2D eigenvalue weighted by Gasteiger charge is 2.12. The van der Waals surface area contributed by atoms with Gasteiger partial charge < -0.3 is 9.15 Å². The van der Waals surface area contributed by atoms with Crippen molar-refractivity contribution in [2.24, 2.45) is 0 Å². The van der Waals surface area contributed by atoms with Crippen molar-refractivity contribution in [1.29, 1.82) is 0 Å². The predicted octanol–water partition coefficient (Wildman–Crippen LogP) is 2.99. The van der Waals surface area contributed by atoms with Gasteiger partial charge in [-0.15, -0.1) is 0 Å². The van der Waals surface area contributed by atoms with E-state index in [-0.39, 0.29) is 10.8 Å². The van der Waals surface area contributed by atoms with Crippen molar-refractivity contribution < 1.29 is 23.7 Å². The fourth-order valence-corrected chi connectivity index (χ4v) is 2.87. The SMILES string of the molecule is O=C(COC(=O)/C=C/c1ccco1)Nc1nc2ccc([N+](=O)[O-])cc2s1. The molecule has 0 unspecified atom stereocenters. The maximum absolute atomic E-state index is 11.8. The smallest absolute Gasteiger partial charge is 0.331 e. The monoisotopic (exact) mass is 373 g/mol. The fraction of sp³-hybridized carbons (Fsp3) is 0.0625. The molecule has 1 N–H and O–H groups in total. The first-order chi connectivity index (χ1) is 12.5. The lowest BCUT2D eigenvalue weighted by Crippen LogP contribution is -2.19. The summed E-state index contributed by atoms with van der Waals surface area (Å²) in [6, 6.07) is 7.54. The number of carbonyl (C=O) groups excluding carboxylic acids is 2. The largest absolute Gasteiger partial charge is 0.465 e. The van der Waals surface area contributed by atoms with Crippen LogP contribution >= 0.6 is 11.3 Å². The van der Waals surface area contributed by atoms with Gasteiger partial charge in [0.15, 0.2) is 11.7 Å². The minimum atomic E-state index is -0.698. The molecule has 0 saturated heterocycles. The van der Waals surface area contributed by atoms with E-state index in [1.54, 1.807) is 12.1 Å². The summed E-state index contributed by atoms with van der Waals surface area (Å²) >= 11 is 1.09. The molecular weight excluding hydrogens is 362 g/mol. The van der Waals surface area contributed by atoms with Crippen LogP contribution in [0.3, 0.4) is 0 Å². The zero-order valence-electron chi connectivity index (χ0n) is 13.1. The zero-order valence-corrected chi connectivity index (χ0v) is 13.9. The van der Waals surface area contributed by atoms with Crippen LogP contribution in [0, 0.1) is 10.1 Å². The molecule has 9 nitrogen and oxygen atoms in total. The standard InChI is InChI=1S/C16H11N3O6S/c20-14(9-25-15(21)6-4-11-2-1-7-24-11)18-16-17-12-5-3-10(19(22)23)8-13(12)26-16/h1-8H,9H2,(H,17,18,20)/b6-4+. The Bertz CT molecular complexity index is 993. The Morgan fingerprint density at radius 1 is 1.38 bits per heavy atom. The fourth-order valence-electron chi connectivity index (χ4n) is 1.96. The number of rotatable bonds is 6. The average Bonchev–Trinajstić information content (AvgIpc) is 3.26. The number of ether oxygens (including phenoxy) is 1. The summed E-state index contributed by atoms with van der Waals surface area (Å²) in [5, 5.41) is 13.5. The summed E-state index contributed by atoms with van der Waals surface area (Å²) < 4.78 is 10.4. The Hall–Kier alpha value is -3.53. The van der Waals surface area contributed by atoms with Gasteiger partial charge in [0.2, 0.25) is 0 Å². The molecule has 0 aliphatic carbocycles. The Morgan fingerprint density at radius 2 is 2.23 bits per heavy atom. The third kappa shape index (κ3) is 4.30. The van der Waals surface area contributed by atoms with Crippen LogP contribution in [0.5, 0.6) is 0 Å². The number of thiazole rings is 1. The Morgan fingerprint density at radius 3 is 2.96 bits per heavy atom. The van der Waals surface area contributed by atoms with Crippen LogP contribution in [0.1, 0.15) is 5.76 Å². The van der Waals surface area contributed by atoms with E-state index in [2.05, 4.69) is 10.3 Å². The number of benzene rings is 1. The van der Waals surface area contributed by atoms with Crippen LogP contribution in [-0.2, 0) is 14.3 Å². The predicted molar refractivity (Wildman–Crippen MR) is 93.6 cm³/mol. The number of fused-ring (bicyclic) bond motifs is 1. The summed E-state index contributed by atoms with van der Waals surface area (Å²) in [6.45, 7) is -0.489. The second-order valence-electron chi connectivity index (χ2n) is 4.93. The lowest BCUT2D eigenvalue weighted by molar-refractivity contribution is -0.384. The normalized spacial score (nSPS) is 10.9. The molecule has 2 heterocycles. The summed E-state index contributed by atoms with van der Waals surface area (Å²) in [6.07, 6.45) is 4.02. The molecule has 10 heteroatoms. The molecule has 0 aliphatic heterocycles. The number of nitrogens with zero attached hydrogens (tertiary/aromatic N) is 2. The minimum Gasteiger partial charge on any atom is -0.465 e. The van der Waals surface area contributed by atoms with E-state index in [9.17, 15) is 19.7 Å². The number of esters is 1. The number of nitro groups is 1. The number of carbonyl (C=O) groups is 2.